The number of nitrogens with zero attached hydrogens (tertiary/aromatic N) is 1. The highest BCUT2D eigenvalue weighted by Gasteiger charge is 2.35. The molecular weight excluding hydrogens is 383 g/mol. The molecule has 0 aliphatic carbocycles. The molecule has 1 heterocycles. The molecule has 5 nitrogen and oxygen atoms in total. The number of rotatable bonds is 7. The zero-order chi connectivity index (χ0) is 22.0. The van der Waals surface area contributed by atoms with Gasteiger partial charge < -0.3 is 15.1 Å². The van der Waals surface area contributed by atoms with Crippen LogP contribution in [0.15, 0.2) is 24.4 Å². The summed E-state index contributed by atoms with van der Waals surface area (Å²) in [6, 6.07) is 5.93. The van der Waals surface area contributed by atoms with Crippen LogP contribution in [0.3, 0.4) is 0 Å². The lowest BCUT2D eigenvalue weighted by molar-refractivity contribution is -0.0893. The lowest BCUT2D eigenvalue weighted by Crippen LogP contribution is -2.49. The third kappa shape index (κ3) is 6.14. The first-order chi connectivity index (χ1) is 13.2. The van der Waals surface area contributed by atoms with Crippen LogP contribution < -0.4 is 10.8 Å². The monoisotopic (exact) mass is 415 g/mol. The highest BCUT2D eigenvalue weighted by Crippen LogP contribution is 2.27. The Labute approximate surface area is 179 Å². The molecule has 0 atom stereocenters. The molecule has 1 amide bonds. The van der Waals surface area contributed by atoms with Crippen molar-refractivity contribution in [3.05, 3.63) is 45.4 Å². The van der Waals surface area contributed by atoms with Gasteiger partial charge in [0.15, 0.2) is 0 Å². The molecule has 1 radical (unpaired) electrons. The van der Waals surface area contributed by atoms with E-state index < -0.39 is 11.2 Å². The van der Waals surface area contributed by atoms with Gasteiger partial charge in [0.05, 0.1) is 22.4 Å². The first-order valence-corrected chi connectivity index (χ1v) is 10.6. The second kappa shape index (κ2) is 8.58. The van der Waals surface area contributed by atoms with Crippen LogP contribution in [0.1, 0.15) is 74.3 Å². The van der Waals surface area contributed by atoms with E-state index in [-0.39, 0.29) is 11.3 Å². The van der Waals surface area contributed by atoms with E-state index in [1.807, 2.05) is 39.0 Å². The van der Waals surface area contributed by atoms with Crippen LogP contribution in [-0.4, -0.2) is 34.7 Å². The molecular formula is C22H32BN2O3S. The van der Waals surface area contributed by atoms with Gasteiger partial charge in [-0.3, -0.25) is 4.79 Å². The first-order valence-electron chi connectivity index (χ1n) is 9.78. The zero-order valence-corrected chi connectivity index (χ0v) is 19.5. The van der Waals surface area contributed by atoms with E-state index in [1.165, 1.54) is 11.3 Å². The number of amides is 1. The highest BCUT2D eigenvalue weighted by atomic mass is 32.1. The summed E-state index contributed by atoms with van der Waals surface area (Å²) < 4.78 is 5.81. The van der Waals surface area contributed by atoms with Crippen LogP contribution in [0.4, 0.5) is 0 Å². The number of aromatic nitrogens is 1. The van der Waals surface area contributed by atoms with Crippen molar-refractivity contribution < 1.29 is 14.6 Å². The fraction of sp³-hybridized carbons (Fsp3) is 0.545. The van der Waals surface area contributed by atoms with Gasteiger partial charge in [0.1, 0.15) is 4.88 Å². The van der Waals surface area contributed by atoms with E-state index in [9.17, 15) is 9.90 Å². The Balaban J connectivity index is 1.97. The predicted molar refractivity (Wildman–Crippen MR) is 120 cm³/mol. The summed E-state index contributed by atoms with van der Waals surface area (Å²) >= 11 is 1.44. The zero-order valence-electron chi connectivity index (χ0n) is 18.7. The maximum atomic E-state index is 12.5. The molecule has 1 aromatic heterocycles. The van der Waals surface area contributed by atoms with E-state index in [0.29, 0.717) is 11.4 Å². The van der Waals surface area contributed by atoms with Crippen molar-refractivity contribution in [2.45, 2.75) is 78.6 Å². The number of hydrogen-bond acceptors (Lipinski definition) is 5. The predicted octanol–water partition coefficient (Wildman–Crippen LogP) is 3.49. The van der Waals surface area contributed by atoms with E-state index in [4.69, 9.17) is 4.65 Å². The molecule has 0 saturated carbocycles. The van der Waals surface area contributed by atoms with Crippen molar-refractivity contribution in [2.24, 2.45) is 0 Å². The molecule has 2 rings (SSSR count). The summed E-state index contributed by atoms with van der Waals surface area (Å²) in [5.41, 5.74) is 1.27. The van der Waals surface area contributed by atoms with E-state index in [2.05, 4.69) is 31.1 Å². The van der Waals surface area contributed by atoms with E-state index in [1.54, 1.807) is 27.5 Å². The normalized spacial score (nSPS) is 12.7. The van der Waals surface area contributed by atoms with Crippen molar-refractivity contribution in [1.29, 1.82) is 0 Å². The van der Waals surface area contributed by atoms with Gasteiger partial charge in [0, 0.05) is 12.0 Å². The Morgan fingerprint density at radius 1 is 1.21 bits per heavy atom. The Bertz CT molecular complexity index is 864. The van der Waals surface area contributed by atoms with E-state index >= 15 is 0 Å². The molecule has 29 heavy (non-hydrogen) atoms. The lowest BCUT2D eigenvalue weighted by atomic mass is 9.81. The van der Waals surface area contributed by atoms with Crippen molar-refractivity contribution in [3.8, 4) is 0 Å². The Morgan fingerprint density at radius 2 is 1.86 bits per heavy atom. The third-order valence-electron chi connectivity index (χ3n) is 5.14. The number of benzene rings is 1. The average molecular weight is 415 g/mol. The number of hydrogen-bond donors (Lipinski definition) is 2. The lowest BCUT2D eigenvalue weighted by Gasteiger charge is -2.37. The standard InChI is InChI=1S/C22H32BN2O3S/c1-14-11-16(23-28-22(7,8)21(5,6)27)10-9-15(14)12-24-18(26)17-13-25-19(29-17)20(2,3)4/h9-11,13,27H,12H2,1-8H3,(H,24,26). The molecule has 0 saturated heterocycles. The summed E-state index contributed by atoms with van der Waals surface area (Å²) in [5.74, 6) is -0.108. The van der Waals surface area contributed by atoms with Gasteiger partial charge in [-0.15, -0.1) is 11.3 Å². The number of nitrogens with one attached hydrogen (secondary N) is 1. The van der Waals surface area contributed by atoms with Gasteiger partial charge in [0.25, 0.3) is 5.91 Å². The Kier molecular flexibility index (Phi) is 6.98. The fourth-order valence-electron chi connectivity index (χ4n) is 2.34. The molecule has 0 bridgehead atoms. The number of carbonyl (C=O) groups is 1. The van der Waals surface area contributed by atoms with Crippen molar-refractivity contribution in [2.75, 3.05) is 0 Å². The van der Waals surface area contributed by atoms with Crippen LogP contribution in [0.5, 0.6) is 0 Å². The largest absolute Gasteiger partial charge is 0.427 e. The molecule has 7 heteroatoms. The topological polar surface area (TPSA) is 71.5 Å². The SMILES string of the molecule is Cc1cc([B]OC(C)(C)C(C)(C)O)ccc1CNC(=O)c1cnc(C(C)(C)C)s1. The van der Waals surface area contributed by atoms with Gasteiger partial charge in [-0.05, 0) is 45.7 Å². The molecule has 2 aromatic rings. The molecule has 2 N–H and O–H groups in total. The summed E-state index contributed by atoms with van der Waals surface area (Å²) in [7, 11) is 1.67. The number of carbonyl (C=O) groups excluding carboxylic acids is 1. The molecule has 1 aromatic carbocycles. The van der Waals surface area contributed by atoms with Crippen molar-refractivity contribution in [3.63, 3.8) is 0 Å². The van der Waals surface area contributed by atoms with Crippen molar-refractivity contribution in [1.82, 2.24) is 10.3 Å². The molecule has 0 aliphatic heterocycles. The smallest absolute Gasteiger partial charge is 0.330 e. The Hall–Kier alpha value is -1.70. The summed E-state index contributed by atoms with van der Waals surface area (Å²) in [6.07, 6.45) is 1.65. The van der Waals surface area contributed by atoms with Crippen LogP contribution in [0.2, 0.25) is 0 Å². The maximum absolute atomic E-state index is 12.5. The van der Waals surface area contributed by atoms with Gasteiger partial charge in [0.2, 0.25) is 0 Å². The second-order valence-electron chi connectivity index (χ2n) is 9.45. The van der Waals surface area contributed by atoms with Gasteiger partial charge >= 0.3 is 7.48 Å². The fourth-order valence-corrected chi connectivity index (χ4v) is 3.23. The number of aryl methyl sites for hydroxylation is 1. The van der Waals surface area contributed by atoms with Gasteiger partial charge in [-0.25, -0.2) is 4.98 Å². The minimum absolute atomic E-state index is 0.0615. The molecule has 0 spiro atoms. The summed E-state index contributed by atoms with van der Waals surface area (Å²) in [6.45, 7) is 15.9. The Morgan fingerprint density at radius 3 is 2.38 bits per heavy atom. The molecule has 157 valence electrons. The quantitative estimate of drug-likeness (QED) is 0.680. The van der Waals surface area contributed by atoms with Crippen molar-refractivity contribution >= 4 is 30.2 Å². The highest BCUT2D eigenvalue weighted by molar-refractivity contribution is 7.13. The number of thiazole rings is 1. The first kappa shape index (κ1) is 23.6. The van der Waals surface area contributed by atoms with Gasteiger partial charge in [-0.1, -0.05) is 44.4 Å². The van der Waals surface area contributed by atoms with E-state index in [0.717, 1.165) is 21.6 Å². The third-order valence-corrected chi connectivity index (χ3v) is 6.56. The van der Waals surface area contributed by atoms with Gasteiger partial charge in [-0.2, -0.15) is 0 Å². The molecule has 0 unspecified atom stereocenters. The maximum Gasteiger partial charge on any atom is 0.330 e. The number of aliphatic hydroxyl groups is 1. The summed E-state index contributed by atoms with van der Waals surface area (Å²) in [5, 5.41) is 14.1. The second-order valence-corrected chi connectivity index (χ2v) is 10.5. The van der Waals surface area contributed by atoms with Crippen LogP contribution in [0.25, 0.3) is 0 Å². The molecule has 0 fully saturated rings. The minimum Gasteiger partial charge on any atom is -0.427 e. The van der Waals surface area contributed by atoms with Crippen LogP contribution >= 0.6 is 11.3 Å². The molecule has 0 aliphatic rings. The van der Waals surface area contributed by atoms with Crippen LogP contribution in [0, 0.1) is 6.92 Å². The minimum atomic E-state index is -0.966. The summed E-state index contributed by atoms with van der Waals surface area (Å²) in [4.78, 5) is 17.4. The van der Waals surface area contributed by atoms with Crippen LogP contribution in [-0.2, 0) is 16.6 Å². The average Bonchev–Trinajstić information content (AvgIpc) is 3.08.